The summed E-state index contributed by atoms with van der Waals surface area (Å²) in [5, 5.41) is 0. The fourth-order valence-corrected chi connectivity index (χ4v) is 3.40. The van der Waals surface area contributed by atoms with E-state index < -0.39 is 5.97 Å². The molecule has 5 heteroatoms. The van der Waals surface area contributed by atoms with Crippen molar-refractivity contribution in [1.82, 2.24) is 0 Å². The SMILES string of the molecule is CCOC(=O)C1=C(C)N(c2ccc(C)c(C)c2)C(=O)/C1=C\c1ccccc1OC. The average molecular weight is 391 g/mol. The molecule has 0 aromatic heterocycles. The minimum Gasteiger partial charge on any atom is -0.496 e. The van der Waals surface area contributed by atoms with Gasteiger partial charge in [0.05, 0.1) is 24.9 Å². The van der Waals surface area contributed by atoms with Crippen molar-refractivity contribution < 1.29 is 19.1 Å². The molecule has 5 nitrogen and oxygen atoms in total. The summed E-state index contributed by atoms with van der Waals surface area (Å²) in [6, 6.07) is 13.2. The van der Waals surface area contributed by atoms with E-state index in [-0.39, 0.29) is 18.1 Å². The van der Waals surface area contributed by atoms with Gasteiger partial charge in [0.15, 0.2) is 0 Å². The van der Waals surface area contributed by atoms with Crippen molar-refractivity contribution in [3.8, 4) is 5.75 Å². The highest BCUT2D eigenvalue weighted by atomic mass is 16.5. The summed E-state index contributed by atoms with van der Waals surface area (Å²) in [5.74, 6) is -0.149. The molecule has 0 fully saturated rings. The summed E-state index contributed by atoms with van der Waals surface area (Å²) < 4.78 is 10.6. The lowest BCUT2D eigenvalue weighted by atomic mass is 10.0. The van der Waals surface area contributed by atoms with Gasteiger partial charge in [0.25, 0.3) is 5.91 Å². The highest BCUT2D eigenvalue weighted by Gasteiger charge is 2.38. The van der Waals surface area contributed by atoms with Crippen LogP contribution in [0.5, 0.6) is 5.75 Å². The van der Waals surface area contributed by atoms with E-state index in [4.69, 9.17) is 9.47 Å². The quantitative estimate of drug-likeness (QED) is 0.553. The van der Waals surface area contributed by atoms with Crippen molar-refractivity contribution in [3.05, 3.63) is 76.0 Å². The molecule has 0 unspecified atom stereocenters. The molecule has 2 aromatic carbocycles. The number of anilines is 1. The standard InChI is InChI=1S/C24H25NO4/c1-6-29-24(27)22-17(4)25(19-12-11-15(2)16(3)13-19)23(26)20(22)14-18-9-7-8-10-21(18)28-5/h7-14H,6H2,1-5H3/b20-14-. The van der Waals surface area contributed by atoms with Crippen LogP contribution in [0.1, 0.15) is 30.5 Å². The van der Waals surface area contributed by atoms with E-state index >= 15 is 0 Å². The number of para-hydroxylation sites is 1. The molecule has 0 spiro atoms. The van der Waals surface area contributed by atoms with Crippen LogP contribution in [0, 0.1) is 13.8 Å². The Labute approximate surface area is 171 Å². The molecule has 1 heterocycles. The second-order valence-corrected chi connectivity index (χ2v) is 6.89. The Kier molecular flexibility index (Phi) is 5.87. The van der Waals surface area contributed by atoms with Gasteiger partial charge in [-0.3, -0.25) is 9.69 Å². The number of rotatable bonds is 5. The van der Waals surface area contributed by atoms with Crippen molar-refractivity contribution in [3.63, 3.8) is 0 Å². The van der Waals surface area contributed by atoms with Crippen molar-refractivity contribution in [1.29, 1.82) is 0 Å². The summed E-state index contributed by atoms with van der Waals surface area (Å²) in [7, 11) is 1.57. The summed E-state index contributed by atoms with van der Waals surface area (Å²) in [5.41, 5.74) is 4.78. The number of nitrogens with zero attached hydrogens (tertiary/aromatic N) is 1. The van der Waals surface area contributed by atoms with Gasteiger partial charge in [-0.15, -0.1) is 0 Å². The summed E-state index contributed by atoms with van der Waals surface area (Å²) in [4.78, 5) is 27.7. The number of hydrogen-bond donors (Lipinski definition) is 0. The Balaban J connectivity index is 2.17. The maximum atomic E-state index is 13.4. The molecule has 150 valence electrons. The van der Waals surface area contributed by atoms with E-state index in [1.807, 2.05) is 56.3 Å². The molecule has 1 aliphatic rings. The summed E-state index contributed by atoms with van der Waals surface area (Å²) in [6.07, 6.45) is 1.69. The van der Waals surface area contributed by atoms with Gasteiger partial charge in [-0.25, -0.2) is 4.79 Å². The highest BCUT2D eigenvalue weighted by molar-refractivity contribution is 6.24. The summed E-state index contributed by atoms with van der Waals surface area (Å²) >= 11 is 0. The fourth-order valence-electron chi connectivity index (χ4n) is 3.40. The Hall–Kier alpha value is -3.34. The number of methoxy groups -OCH3 is 1. The predicted octanol–water partition coefficient (Wildman–Crippen LogP) is 4.58. The Bertz CT molecular complexity index is 1030. The molecular weight excluding hydrogens is 366 g/mol. The second kappa shape index (κ2) is 8.35. The van der Waals surface area contributed by atoms with Crippen LogP contribution >= 0.6 is 0 Å². The van der Waals surface area contributed by atoms with Gasteiger partial charge in [0.2, 0.25) is 0 Å². The van der Waals surface area contributed by atoms with Crippen LogP contribution in [0.4, 0.5) is 5.69 Å². The smallest absolute Gasteiger partial charge is 0.340 e. The lowest BCUT2D eigenvalue weighted by molar-refractivity contribution is -0.138. The number of aryl methyl sites for hydroxylation is 2. The largest absolute Gasteiger partial charge is 0.496 e. The monoisotopic (exact) mass is 391 g/mol. The van der Waals surface area contributed by atoms with E-state index in [1.165, 1.54) is 0 Å². The van der Waals surface area contributed by atoms with E-state index in [0.717, 1.165) is 22.4 Å². The molecule has 29 heavy (non-hydrogen) atoms. The lowest BCUT2D eigenvalue weighted by Gasteiger charge is -2.19. The molecule has 3 rings (SSSR count). The molecule has 1 aliphatic heterocycles. The third-order valence-corrected chi connectivity index (χ3v) is 5.07. The second-order valence-electron chi connectivity index (χ2n) is 6.89. The van der Waals surface area contributed by atoms with Crippen LogP contribution < -0.4 is 9.64 Å². The Morgan fingerprint density at radius 1 is 1.07 bits per heavy atom. The van der Waals surface area contributed by atoms with Crippen molar-refractivity contribution in [2.24, 2.45) is 0 Å². The molecule has 0 atom stereocenters. The molecule has 2 aromatic rings. The molecule has 1 amide bonds. The topological polar surface area (TPSA) is 55.8 Å². The molecule has 0 N–H and O–H groups in total. The Morgan fingerprint density at radius 2 is 1.79 bits per heavy atom. The number of esters is 1. The van der Waals surface area contributed by atoms with Crippen LogP contribution in [0.2, 0.25) is 0 Å². The fraction of sp³-hybridized carbons (Fsp3) is 0.250. The number of carbonyl (C=O) groups is 2. The number of carbonyl (C=O) groups excluding carboxylic acids is 2. The minimum atomic E-state index is -0.508. The maximum absolute atomic E-state index is 13.4. The molecule has 0 saturated carbocycles. The van der Waals surface area contributed by atoms with Crippen LogP contribution in [-0.2, 0) is 14.3 Å². The van der Waals surface area contributed by atoms with Crippen LogP contribution in [0.3, 0.4) is 0 Å². The summed E-state index contributed by atoms with van der Waals surface area (Å²) in [6.45, 7) is 7.76. The average Bonchev–Trinajstić information content (AvgIpc) is 2.94. The first-order valence-electron chi connectivity index (χ1n) is 9.53. The molecule has 0 saturated heterocycles. The number of hydrogen-bond acceptors (Lipinski definition) is 4. The van der Waals surface area contributed by atoms with Crippen molar-refractivity contribution in [2.45, 2.75) is 27.7 Å². The lowest BCUT2D eigenvalue weighted by Crippen LogP contribution is -2.24. The van der Waals surface area contributed by atoms with E-state index in [0.29, 0.717) is 17.0 Å². The van der Waals surface area contributed by atoms with Gasteiger partial charge in [-0.2, -0.15) is 0 Å². The minimum absolute atomic E-state index is 0.232. The van der Waals surface area contributed by atoms with Crippen LogP contribution in [0.25, 0.3) is 6.08 Å². The Morgan fingerprint density at radius 3 is 2.45 bits per heavy atom. The first-order chi connectivity index (χ1) is 13.9. The van der Waals surface area contributed by atoms with Crippen LogP contribution in [0.15, 0.2) is 59.3 Å². The number of amides is 1. The first-order valence-corrected chi connectivity index (χ1v) is 9.53. The molecule has 0 aliphatic carbocycles. The zero-order chi connectivity index (χ0) is 21.1. The molecule has 0 radical (unpaired) electrons. The zero-order valence-electron chi connectivity index (χ0n) is 17.4. The number of allylic oxidation sites excluding steroid dienone is 1. The number of benzene rings is 2. The van der Waals surface area contributed by atoms with E-state index in [9.17, 15) is 9.59 Å². The van der Waals surface area contributed by atoms with Gasteiger partial charge in [-0.05, 0) is 63.1 Å². The van der Waals surface area contributed by atoms with Gasteiger partial charge in [0.1, 0.15) is 5.75 Å². The third-order valence-electron chi connectivity index (χ3n) is 5.07. The van der Waals surface area contributed by atoms with Crippen molar-refractivity contribution in [2.75, 3.05) is 18.6 Å². The predicted molar refractivity (Wildman–Crippen MR) is 114 cm³/mol. The third kappa shape index (κ3) is 3.81. The first kappa shape index (κ1) is 20.4. The van der Waals surface area contributed by atoms with E-state index in [1.54, 1.807) is 31.9 Å². The van der Waals surface area contributed by atoms with Gasteiger partial charge in [-0.1, -0.05) is 24.3 Å². The zero-order valence-corrected chi connectivity index (χ0v) is 17.4. The van der Waals surface area contributed by atoms with Crippen molar-refractivity contribution >= 4 is 23.6 Å². The highest BCUT2D eigenvalue weighted by Crippen LogP contribution is 2.37. The van der Waals surface area contributed by atoms with Gasteiger partial charge >= 0.3 is 5.97 Å². The van der Waals surface area contributed by atoms with E-state index in [2.05, 4.69) is 0 Å². The normalized spacial score (nSPS) is 15.3. The maximum Gasteiger partial charge on any atom is 0.340 e. The molecule has 0 bridgehead atoms. The number of ether oxygens (including phenoxy) is 2. The van der Waals surface area contributed by atoms with Crippen LogP contribution in [-0.4, -0.2) is 25.6 Å². The molecular formula is C24H25NO4. The van der Waals surface area contributed by atoms with Gasteiger partial charge < -0.3 is 9.47 Å². The van der Waals surface area contributed by atoms with Gasteiger partial charge in [0, 0.05) is 16.9 Å².